The molecule has 0 unspecified atom stereocenters. The summed E-state index contributed by atoms with van der Waals surface area (Å²) in [5, 5.41) is 5.40. The van der Waals surface area contributed by atoms with Gasteiger partial charge in [-0.15, -0.1) is 0 Å². The van der Waals surface area contributed by atoms with E-state index in [2.05, 4.69) is 0 Å². The summed E-state index contributed by atoms with van der Waals surface area (Å²) in [5.74, 6) is -7.50. The first-order chi connectivity index (χ1) is 12.6. The van der Waals surface area contributed by atoms with Crippen LogP contribution in [0.15, 0.2) is 53.4 Å². The van der Waals surface area contributed by atoms with Crippen molar-refractivity contribution in [2.24, 2.45) is 5.14 Å². The van der Waals surface area contributed by atoms with Crippen molar-refractivity contribution in [3.8, 4) is 22.3 Å². The van der Waals surface area contributed by atoms with Crippen LogP contribution < -0.4 is 5.14 Å². The second-order valence-electron chi connectivity index (χ2n) is 5.55. The van der Waals surface area contributed by atoms with Crippen molar-refractivity contribution < 1.29 is 26.0 Å². The van der Waals surface area contributed by atoms with E-state index in [0.29, 0.717) is 0 Å². The zero-order valence-electron chi connectivity index (χ0n) is 13.3. The van der Waals surface area contributed by atoms with E-state index in [1.807, 2.05) is 0 Å². The van der Waals surface area contributed by atoms with E-state index in [1.54, 1.807) is 0 Å². The molecule has 140 valence electrons. The van der Waals surface area contributed by atoms with Crippen LogP contribution in [0.25, 0.3) is 22.3 Å². The molecule has 3 rings (SSSR count). The molecular weight excluding hydrogens is 406 g/mol. The predicted octanol–water partition coefficient (Wildman–Crippen LogP) is 4.88. The summed E-state index contributed by atoms with van der Waals surface area (Å²) in [6.07, 6.45) is 0. The maximum absolute atomic E-state index is 14.7. The lowest BCUT2D eigenvalue weighted by Crippen LogP contribution is -2.14. The SMILES string of the molecule is NS(=O)(=O)c1ccccc1-c1c(F)c(F)c(F)c(F)c1-c1ccc(Cl)cc1. The fourth-order valence-electron chi connectivity index (χ4n) is 2.69. The number of sulfonamides is 1. The Kier molecular flexibility index (Phi) is 4.98. The molecule has 3 aromatic rings. The molecule has 9 heteroatoms. The second-order valence-corrected chi connectivity index (χ2v) is 7.52. The highest BCUT2D eigenvalue weighted by Gasteiger charge is 2.29. The largest absolute Gasteiger partial charge is 0.238 e. The van der Waals surface area contributed by atoms with Crippen molar-refractivity contribution in [3.63, 3.8) is 0 Å². The summed E-state index contributed by atoms with van der Waals surface area (Å²) in [7, 11) is -4.37. The van der Waals surface area contributed by atoms with E-state index in [-0.39, 0.29) is 10.6 Å². The summed E-state index contributed by atoms with van der Waals surface area (Å²) in [4.78, 5) is -0.565. The number of benzene rings is 3. The Morgan fingerprint density at radius 3 is 1.81 bits per heavy atom. The van der Waals surface area contributed by atoms with Crippen LogP contribution in [0.2, 0.25) is 5.02 Å². The quantitative estimate of drug-likeness (QED) is 0.376. The van der Waals surface area contributed by atoms with E-state index in [1.165, 1.54) is 36.4 Å². The molecule has 2 N–H and O–H groups in total. The van der Waals surface area contributed by atoms with Gasteiger partial charge in [-0.3, -0.25) is 0 Å². The molecule has 0 heterocycles. The van der Waals surface area contributed by atoms with Crippen molar-refractivity contribution >= 4 is 21.6 Å². The monoisotopic (exact) mass is 415 g/mol. The normalized spacial score (nSPS) is 11.6. The van der Waals surface area contributed by atoms with E-state index >= 15 is 0 Å². The predicted molar refractivity (Wildman–Crippen MR) is 93.5 cm³/mol. The fourth-order valence-corrected chi connectivity index (χ4v) is 3.56. The average Bonchev–Trinajstić information content (AvgIpc) is 2.63. The highest BCUT2D eigenvalue weighted by atomic mass is 35.5. The summed E-state index contributed by atoms with van der Waals surface area (Å²) in [5.41, 5.74) is -1.85. The molecule has 0 atom stereocenters. The Morgan fingerprint density at radius 2 is 1.26 bits per heavy atom. The molecule has 0 saturated heterocycles. The Morgan fingerprint density at radius 1 is 0.741 bits per heavy atom. The van der Waals surface area contributed by atoms with Crippen LogP contribution in [0, 0.1) is 23.3 Å². The van der Waals surface area contributed by atoms with Crippen LogP contribution in [0.3, 0.4) is 0 Å². The lowest BCUT2D eigenvalue weighted by Gasteiger charge is -2.16. The van der Waals surface area contributed by atoms with Gasteiger partial charge in [0.2, 0.25) is 10.0 Å². The number of nitrogens with two attached hydrogens (primary N) is 1. The Labute approximate surface area is 157 Å². The zero-order valence-corrected chi connectivity index (χ0v) is 14.9. The standard InChI is InChI=1S/C18H10ClF4NO2S/c19-10-7-5-9(6-8-10)13-14(16(21)18(23)17(22)15(13)20)11-3-1-2-4-12(11)27(24,25)26/h1-8H,(H2,24,25,26). The van der Waals surface area contributed by atoms with E-state index in [9.17, 15) is 26.0 Å². The molecule has 0 fully saturated rings. The summed E-state index contributed by atoms with van der Waals surface area (Å²) < 4.78 is 80.8. The molecule has 0 aliphatic rings. The van der Waals surface area contributed by atoms with Gasteiger partial charge in [-0.1, -0.05) is 41.9 Å². The van der Waals surface area contributed by atoms with E-state index < -0.39 is 54.9 Å². The van der Waals surface area contributed by atoms with Gasteiger partial charge in [0.25, 0.3) is 0 Å². The highest BCUT2D eigenvalue weighted by Crippen LogP contribution is 2.41. The van der Waals surface area contributed by atoms with Crippen molar-refractivity contribution in [1.82, 2.24) is 0 Å². The van der Waals surface area contributed by atoms with Gasteiger partial charge in [-0.05, 0) is 23.8 Å². The molecule has 0 bridgehead atoms. The van der Waals surface area contributed by atoms with Crippen molar-refractivity contribution in [1.29, 1.82) is 0 Å². The molecular formula is C18H10ClF4NO2S. The molecule has 3 aromatic carbocycles. The Balaban J connectivity index is 2.50. The van der Waals surface area contributed by atoms with Crippen molar-refractivity contribution in [3.05, 3.63) is 76.8 Å². The van der Waals surface area contributed by atoms with Crippen LogP contribution in [-0.4, -0.2) is 8.42 Å². The zero-order chi connectivity index (χ0) is 19.9. The maximum atomic E-state index is 14.7. The molecule has 0 radical (unpaired) electrons. The van der Waals surface area contributed by atoms with Crippen molar-refractivity contribution in [2.75, 3.05) is 0 Å². The third kappa shape index (κ3) is 3.43. The number of primary sulfonamides is 1. The lowest BCUT2D eigenvalue weighted by atomic mass is 9.93. The summed E-state index contributed by atoms with van der Waals surface area (Å²) >= 11 is 5.77. The molecule has 0 aromatic heterocycles. The molecule has 0 aliphatic heterocycles. The Bertz CT molecular complexity index is 1150. The van der Waals surface area contributed by atoms with Gasteiger partial charge in [0.15, 0.2) is 23.3 Å². The maximum Gasteiger partial charge on any atom is 0.238 e. The van der Waals surface area contributed by atoms with Gasteiger partial charge in [0, 0.05) is 21.7 Å². The summed E-state index contributed by atoms with van der Waals surface area (Å²) in [6.45, 7) is 0. The van der Waals surface area contributed by atoms with Crippen LogP contribution in [0.4, 0.5) is 17.6 Å². The molecule has 0 saturated carbocycles. The minimum atomic E-state index is -4.37. The second kappa shape index (κ2) is 6.95. The molecule has 0 amide bonds. The van der Waals surface area contributed by atoms with Gasteiger partial charge in [0.1, 0.15) is 0 Å². The van der Waals surface area contributed by atoms with Gasteiger partial charge >= 0.3 is 0 Å². The van der Waals surface area contributed by atoms with Crippen molar-refractivity contribution in [2.45, 2.75) is 4.90 Å². The van der Waals surface area contributed by atoms with Gasteiger partial charge in [0.05, 0.1) is 4.90 Å². The smallest absolute Gasteiger partial charge is 0.225 e. The molecule has 27 heavy (non-hydrogen) atoms. The summed E-state index contributed by atoms with van der Waals surface area (Å²) in [6, 6.07) is 10.0. The average molecular weight is 416 g/mol. The first-order valence-corrected chi connectivity index (χ1v) is 9.29. The third-order valence-electron chi connectivity index (χ3n) is 3.86. The number of hydrogen-bond donors (Lipinski definition) is 1. The first-order valence-electron chi connectivity index (χ1n) is 7.37. The van der Waals surface area contributed by atoms with Crippen LogP contribution >= 0.6 is 11.6 Å². The minimum absolute atomic E-state index is 0.0334. The van der Waals surface area contributed by atoms with Crippen LogP contribution in [-0.2, 0) is 10.0 Å². The van der Waals surface area contributed by atoms with Gasteiger partial charge in [-0.25, -0.2) is 31.1 Å². The number of halogens is 5. The molecule has 3 nitrogen and oxygen atoms in total. The number of hydrogen-bond acceptors (Lipinski definition) is 2. The van der Waals surface area contributed by atoms with Crippen LogP contribution in [0.5, 0.6) is 0 Å². The van der Waals surface area contributed by atoms with E-state index in [4.69, 9.17) is 16.7 Å². The first kappa shape index (κ1) is 19.3. The fraction of sp³-hybridized carbons (Fsp3) is 0. The minimum Gasteiger partial charge on any atom is -0.225 e. The lowest BCUT2D eigenvalue weighted by molar-refractivity contribution is 0.412. The Hall–Kier alpha value is -2.42. The number of rotatable bonds is 3. The van der Waals surface area contributed by atoms with Crippen LogP contribution in [0.1, 0.15) is 0 Å². The van der Waals surface area contributed by atoms with E-state index in [0.717, 1.165) is 12.1 Å². The van der Waals surface area contributed by atoms with Gasteiger partial charge < -0.3 is 0 Å². The highest BCUT2D eigenvalue weighted by molar-refractivity contribution is 7.89. The molecule has 0 aliphatic carbocycles. The van der Waals surface area contributed by atoms with Gasteiger partial charge in [-0.2, -0.15) is 0 Å². The topological polar surface area (TPSA) is 60.2 Å². The molecule has 0 spiro atoms. The third-order valence-corrected chi connectivity index (χ3v) is 5.08.